The molecule has 0 fully saturated rings. The summed E-state index contributed by atoms with van der Waals surface area (Å²) in [6.07, 6.45) is 0. The summed E-state index contributed by atoms with van der Waals surface area (Å²) in [5.74, 6) is -2.90. The maximum atomic E-state index is 12.7. The van der Waals surface area contributed by atoms with E-state index in [2.05, 4.69) is 13.2 Å². The van der Waals surface area contributed by atoms with Crippen LogP contribution < -0.4 is 14.2 Å². The summed E-state index contributed by atoms with van der Waals surface area (Å²) in [6, 6.07) is 19.1. The van der Waals surface area contributed by atoms with Crippen molar-refractivity contribution >= 4 is 17.9 Å². The molecule has 0 saturated carbocycles. The molecule has 3 rings (SSSR count). The van der Waals surface area contributed by atoms with Crippen LogP contribution in [0.1, 0.15) is 10.4 Å². The first kappa shape index (κ1) is 25.1. The topological polar surface area (TPSA) is 88.1 Å². The van der Waals surface area contributed by atoms with Crippen molar-refractivity contribution in [1.82, 2.24) is 0 Å². The van der Waals surface area contributed by atoms with Gasteiger partial charge in [-0.3, -0.25) is 0 Å². The van der Waals surface area contributed by atoms with Gasteiger partial charge >= 0.3 is 17.9 Å². The Balaban J connectivity index is 1.60. The molecule has 0 aliphatic heterocycles. The molecule has 35 heavy (non-hydrogen) atoms. The van der Waals surface area contributed by atoms with E-state index in [1.807, 2.05) is 0 Å². The van der Waals surface area contributed by atoms with E-state index in [0.29, 0.717) is 11.3 Å². The molecule has 7 nitrogen and oxygen atoms in total. The van der Waals surface area contributed by atoms with Crippen LogP contribution in [0.4, 0.5) is 4.39 Å². The molecule has 0 spiro atoms. The first-order valence-electron chi connectivity index (χ1n) is 10.2. The summed E-state index contributed by atoms with van der Waals surface area (Å²) in [5.41, 5.74) is 2.21. The Bertz CT molecular complexity index is 1240. The molecule has 3 aromatic rings. The van der Waals surface area contributed by atoms with Gasteiger partial charge in [-0.1, -0.05) is 37.4 Å². The Morgan fingerprint density at radius 3 is 1.60 bits per heavy atom. The maximum absolute atomic E-state index is 12.7. The fourth-order valence-electron chi connectivity index (χ4n) is 2.83. The Morgan fingerprint density at radius 2 is 1.11 bits per heavy atom. The van der Waals surface area contributed by atoms with E-state index in [1.165, 1.54) is 31.4 Å². The molecular formula is C27H21FO7. The third-order valence-electron chi connectivity index (χ3n) is 4.59. The number of methoxy groups -OCH3 is 1. The predicted octanol–water partition coefficient (Wildman–Crippen LogP) is 5.07. The fraction of sp³-hybridized carbons (Fsp3) is 0.0741. The summed E-state index contributed by atoms with van der Waals surface area (Å²) in [5, 5.41) is 0. The van der Waals surface area contributed by atoms with Gasteiger partial charge in [0.05, 0.1) is 17.7 Å². The smallest absolute Gasteiger partial charge is 0.371 e. The first-order valence-corrected chi connectivity index (χ1v) is 10.2. The lowest BCUT2D eigenvalue weighted by molar-refractivity contribution is -0.132. The maximum Gasteiger partial charge on any atom is 0.371 e. The first-order chi connectivity index (χ1) is 16.8. The molecule has 0 aliphatic rings. The summed E-state index contributed by atoms with van der Waals surface area (Å²) < 4.78 is 32.8. The van der Waals surface area contributed by atoms with E-state index in [-0.39, 0.29) is 23.7 Å². The zero-order chi connectivity index (χ0) is 25.4. The van der Waals surface area contributed by atoms with Crippen molar-refractivity contribution in [3.8, 4) is 28.4 Å². The standard InChI is InChI=1S/C27H21FO7/c1-17(16-32-3)25(29)33-22-10-8-20(9-11-22)19-4-6-21(7-5-19)27(31)35-24-14-12-23(13-15-24)34-26(30)18(2)28/h4-15H,1-2,16H2,3H3. The van der Waals surface area contributed by atoms with E-state index in [1.54, 1.807) is 48.5 Å². The van der Waals surface area contributed by atoms with Crippen LogP contribution in [0.5, 0.6) is 17.2 Å². The van der Waals surface area contributed by atoms with Gasteiger partial charge in [-0.25, -0.2) is 14.4 Å². The Labute approximate surface area is 201 Å². The molecule has 0 radical (unpaired) electrons. The summed E-state index contributed by atoms with van der Waals surface area (Å²) in [7, 11) is 1.46. The molecule has 3 aromatic carbocycles. The summed E-state index contributed by atoms with van der Waals surface area (Å²) in [4.78, 5) is 35.5. The fourth-order valence-corrected chi connectivity index (χ4v) is 2.83. The highest BCUT2D eigenvalue weighted by Crippen LogP contribution is 2.24. The van der Waals surface area contributed by atoms with Crippen LogP contribution in [0.2, 0.25) is 0 Å². The number of hydrogen-bond donors (Lipinski definition) is 0. The number of esters is 3. The van der Waals surface area contributed by atoms with Crippen molar-refractivity contribution in [3.05, 3.63) is 103 Å². The third-order valence-corrected chi connectivity index (χ3v) is 4.59. The van der Waals surface area contributed by atoms with Gasteiger partial charge in [0.1, 0.15) is 17.2 Å². The quantitative estimate of drug-likeness (QED) is 0.242. The molecule has 0 atom stereocenters. The van der Waals surface area contributed by atoms with Gasteiger partial charge in [-0.2, -0.15) is 4.39 Å². The lowest BCUT2D eigenvalue weighted by Crippen LogP contribution is -2.13. The average Bonchev–Trinajstić information content (AvgIpc) is 2.86. The molecule has 0 aliphatic carbocycles. The average molecular weight is 476 g/mol. The molecular weight excluding hydrogens is 455 g/mol. The molecule has 0 bridgehead atoms. The second kappa shape index (κ2) is 11.5. The molecule has 0 saturated heterocycles. The van der Waals surface area contributed by atoms with Crippen LogP contribution in [0.3, 0.4) is 0 Å². The van der Waals surface area contributed by atoms with Crippen molar-refractivity contribution in [1.29, 1.82) is 0 Å². The van der Waals surface area contributed by atoms with E-state index < -0.39 is 23.7 Å². The number of halogens is 1. The molecule has 0 heterocycles. The van der Waals surface area contributed by atoms with Crippen LogP contribution in [0, 0.1) is 0 Å². The van der Waals surface area contributed by atoms with Gasteiger partial charge < -0.3 is 18.9 Å². The monoisotopic (exact) mass is 476 g/mol. The predicted molar refractivity (Wildman–Crippen MR) is 126 cm³/mol. The minimum atomic E-state index is -1.22. The van der Waals surface area contributed by atoms with Crippen molar-refractivity contribution < 1.29 is 37.7 Å². The van der Waals surface area contributed by atoms with E-state index >= 15 is 0 Å². The second-order valence-electron chi connectivity index (χ2n) is 7.18. The van der Waals surface area contributed by atoms with Gasteiger partial charge in [0.2, 0.25) is 5.83 Å². The Hall–Kier alpha value is -4.56. The molecule has 178 valence electrons. The van der Waals surface area contributed by atoms with Gasteiger partial charge in [0, 0.05) is 7.11 Å². The number of carbonyl (C=O) groups excluding carboxylic acids is 3. The lowest BCUT2D eigenvalue weighted by Gasteiger charge is -2.08. The number of hydrogen-bond acceptors (Lipinski definition) is 7. The van der Waals surface area contributed by atoms with Crippen LogP contribution >= 0.6 is 0 Å². The van der Waals surface area contributed by atoms with E-state index in [0.717, 1.165) is 11.1 Å². The van der Waals surface area contributed by atoms with E-state index in [4.69, 9.17) is 18.9 Å². The normalized spacial score (nSPS) is 10.2. The molecule has 0 amide bonds. The summed E-state index contributed by atoms with van der Waals surface area (Å²) >= 11 is 0. The van der Waals surface area contributed by atoms with Crippen molar-refractivity contribution in [2.45, 2.75) is 0 Å². The largest absolute Gasteiger partial charge is 0.423 e. The zero-order valence-corrected chi connectivity index (χ0v) is 18.8. The highest BCUT2D eigenvalue weighted by molar-refractivity contribution is 5.92. The van der Waals surface area contributed by atoms with Crippen LogP contribution in [0.15, 0.2) is 97.4 Å². The SMILES string of the molecule is C=C(F)C(=O)Oc1ccc(OC(=O)c2ccc(-c3ccc(OC(=O)C(=C)COC)cc3)cc2)cc1. The van der Waals surface area contributed by atoms with Gasteiger partial charge in [-0.15, -0.1) is 0 Å². The Morgan fingerprint density at radius 1 is 0.686 bits per heavy atom. The number of ether oxygens (including phenoxy) is 4. The van der Waals surface area contributed by atoms with Crippen molar-refractivity contribution in [2.75, 3.05) is 13.7 Å². The van der Waals surface area contributed by atoms with Gasteiger partial charge in [0.25, 0.3) is 0 Å². The minimum absolute atomic E-state index is 0.0821. The summed E-state index contributed by atoms with van der Waals surface area (Å²) in [6.45, 7) is 6.55. The molecule has 8 heteroatoms. The highest BCUT2D eigenvalue weighted by atomic mass is 19.1. The molecule has 0 aromatic heterocycles. The van der Waals surface area contributed by atoms with E-state index in [9.17, 15) is 18.8 Å². The Kier molecular flexibility index (Phi) is 8.26. The molecule has 0 unspecified atom stereocenters. The zero-order valence-electron chi connectivity index (χ0n) is 18.8. The lowest BCUT2D eigenvalue weighted by atomic mass is 10.0. The van der Waals surface area contributed by atoms with Crippen molar-refractivity contribution in [2.24, 2.45) is 0 Å². The number of benzene rings is 3. The minimum Gasteiger partial charge on any atom is -0.423 e. The van der Waals surface area contributed by atoms with Crippen LogP contribution in [-0.2, 0) is 14.3 Å². The number of carbonyl (C=O) groups is 3. The molecule has 0 N–H and O–H groups in total. The van der Waals surface area contributed by atoms with Gasteiger partial charge in [-0.05, 0) is 59.7 Å². The van der Waals surface area contributed by atoms with Crippen LogP contribution in [-0.4, -0.2) is 31.6 Å². The van der Waals surface area contributed by atoms with Crippen LogP contribution in [0.25, 0.3) is 11.1 Å². The second-order valence-corrected chi connectivity index (χ2v) is 7.18. The third kappa shape index (κ3) is 6.96. The van der Waals surface area contributed by atoms with Crippen molar-refractivity contribution in [3.63, 3.8) is 0 Å². The van der Waals surface area contributed by atoms with Gasteiger partial charge in [0.15, 0.2) is 0 Å². The number of rotatable bonds is 9. The highest BCUT2D eigenvalue weighted by Gasteiger charge is 2.12.